The summed E-state index contributed by atoms with van der Waals surface area (Å²) in [6.45, 7) is 3.27. The number of rotatable bonds is 9. The smallest absolute Gasteiger partial charge is 0.338 e. The number of carboxylic acids is 1. The summed E-state index contributed by atoms with van der Waals surface area (Å²) in [6, 6.07) is 13.4. The minimum Gasteiger partial charge on any atom is -0.478 e. The molecule has 3 rings (SSSR count). The molecular formula is C26H21Cl4N3O5S. The SMILES string of the molecule is CCC(Sc1cccc(NC(=O)c2c(Cl)c(Cl)c(Cl)c(Cl)c2C(=O)O)c1)C(=O)Nc1ccc(NC(C)=O)cc1. The van der Waals surface area contributed by atoms with Gasteiger partial charge in [0.15, 0.2) is 0 Å². The number of aromatic carboxylic acids is 1. The Morgan fingerprint density at radius 2 is 1.36 bits per heavy atom. The molecule has 1 atom stereocenters. The van der Waals surface area contributed by atoms with E-state index in [0.717, 1.165) is 0 Å². The molecule has 4 N–H and O–H groups in total. The summed E-state index contributed by atoms with van der Waals surface area (Å²) < 4.78 is 0. The van der Waals surface area contributed by atoms with Crippen LogP contribution in [0.25, 0.3) is 0 Å². The Kier molecular flexibility index (Phi) is 10.5. The van der Waals surface area contributed by atoms with Gasteiger partial charge in [-0.3, -0.25) is 14.4 Å². The lowest BCUT2D eigenvalue weighted by Crippen LogP contribution is -2.24. The molecular weight excluding hydrogens is 608 g/mol. The third kappa shape index (κ3) is 7.58. The number of benzene rings is 3. The van der Waals surface area contributed by atoms with Crippen molar-refractivity contribution < 1.29 is 24.3 Å². The van der Waals surface area contributed by atoms with Crippen LogP contribution in [0.15, 0.2) is 53.4 Å². The van der Waals surface area contributed by atoms with Gasteiger partial charge in [-0.1, -0.05) is 59.4 Å². The predicted molar refractivity (Wildman–Crippen MR) is 157 cm³/mol. The molecule has 0 saturated carbocycles. The number of carbonyl (C=O) groups is 4. The Morgan fingerprint density at radius 1 is 0.795 bits per heavy atom. The fraction of sp³-hybridized carbons (Fsp3) is 0.154. The van der Waals surface area contributed by atoms with Crippen molar-refractivity contribution in [2.45, 2.75) is 30.4 Å². The fourth-order valence-corrected chi connectivity index (χ4v) is 5.47. The third-order valence-electron chi connectivity index (χ3n) is 5.21. The highest BCUT2D eigenvalue weighted by atomic mass is 35.5. The minimum absolute atomic E-state index is 0.196. The van der Waals surface area contributed by atoms with E-state index in [9.17, 15) is 24.3 Å². The standard InChI is InChI=1S/C26H21Cl4N3O5S/c1-3-17(24(35)32-14-9-7-13(8-10-14)31-12(2)34)39-16-6-4-5-15(11-16)33-25(36)18-19(26(37)38)21(28)23(30)22(29)20(18)27/h4-11,17H,3H2,1-2H3,(H,31,34)(H,32,35)(H,33,36)(H,37,38). The largest absolute Gasteiger partial charge is 0.478 e. The van der Waals surface area contributed by atoms with E-state index in [1.807, 2.05) is 6.92 Å². The van der Waals surface area contributed by atoms with E-state index < -0.39 is 33.3 Å². The summed E-state index contributed by atoms with van der Waals surface area (Å²) in [6.07, 6.45) is 0.510. The minimum atomic E-state index is -1.50. The maximum atomic E-state index is 13.0. The number of hydrogen-bond donors (Lipinski definition) is 4. The lowest BCUT2D eigenvalue weighted by molar-refractivity contribution is -0.116. The molecule has 0 spiro atoms. The Hall–Kier alpha value is -2.95. The van der Waals surface area contributed by atoms with E-state index in [-0.39, 0.29) is 26.9 Å². The van der Waals surface area contributed by atoms with Crippen molar-refractivity contribution in [2.24, 2.45) is 0 Å². The third-order valence-corrected chi connectivity index (χ3v) is 8.37. The van der Waals surface area contributed by atoms with Crippen LogP contribution in [0.5, 0.6) is 0 Å². The van der Waals surface area contributed by atoms with E-state index >= 15 is 0 Å². The quantitative estimate of drug-likeness (QED) is 0.109. The number of anilines is 3. The fourth-order valence-electron chi connectivity index (χ4n) is 3.44. The van der Waals surface area contributed by atoms with Crippen LogP contribution in [-0.4, -0.2) is 34.0 Å². The molecule has 0 radical (unpaired) electrons. The first-order valence-corrected chi connectivity index (χ1v) is 13.7. The van der Waals surface area contributed by atoms with Crippen LogP contribution >= 0.6 is 58.2 Å². The summed E-state index contributed by atoms with van der Waals surface area (Å²) in [5, 5.41) is 16.0. The number of carboxylic acid groups (broad SMARTS) is 1. The second kappa shape index (κ2) is 13.4. The van der Waals surface area contributed by atoms with Crippen LogP contribution in [-0.2, 0) is 9.59 Å². The van der Waals surface area contributed by atoms with Gasteiger partial charge in [0.25, 0.3) is 5.91 Å². The van der Waals surface area contributed by atoms with Gasteiger partial charge in [-0.25, -0.2) is 4.79 Å². The average Bonchev–Trinajstić information content (AvgIpc) is 2.88. The summed E-state index contributed by atoms with van der Waals surface area (Å²) in [5.74, 6) is -2.78. The molecule has 39 heavy (non-hydrogen) atoms. The van der Waals surface area contributed by atoms with Crippen LogP contribution in [0.3, 0.4) is 0 Å². The molecule has 3 aromatic rings. The van der Waals surface area contributed by atoms with Gasteiger partial charge in [0.2, 0.25) is 11.8 Å². The molecule has 0 aromatic heterocycles. The molecule has 0 aliphatic carbocycles. The van der Waals surface area contributed by atoms with Gasteiger partial charge in [-0.15, -0.1) is 11.8 Å². The molecule has 0 fully saturated rings. The highest BCUT2D eigenvalue weighted by Crippen LogP contribution is 2.42. The van der Waals surface area contributed by atoms with Gasteiger partial charge >= 0.3 is 5.97 Å². The Morgan fingerprint density at radius 3 is 1.90 bits per heavy atom. The summed E-state index contributed by atoms with van der Waals surface area (Å²) in [5.41, 5.74) is 0.494. The number of carbonyl (C=O) groups excluding carboxylic acids is 3. The van der Waals surface area contributed by atoms with Crippen molar-refractivity contribution >= 4 is 98.9 Å². The highest BCUT2D eigenvalue weighted by molar-refractivity contribution is 8.00. The zero-order chi connectivity index (χ0) is 28.9. The monoisotopic (exact) mass is 627 g/mol. The summed E-state index contributed by atoms with van der Waals surface area (Å²) >= 11 is 25.5. The number of halogens is 4. The molecule has 0 aliphatic heterocycles. The van der Waals surface area contributed by atoms with Gasteiger partial charge in [-0.2, -0.15) is 0 Å². The molecule has 0 bridgehead atoms. The molecule has 0 heterocycles. The molecule has 3 amide bonds. The van der Waals surface area contributed by atoms with Gasteiger partial charge in [0.05, 0.1) is 36.5 Å². The van der Waals surface area contributed by atoms with E-state index in [4.69, 9.17) is 46.4 Å². The second-order valence-electron chi connectivity index (χ2n) is 8.06. The molecule has 204 valence electrons. The van der Waals surface area contributed by atoms with Crippen molar-refractivity contribution in [2.75, 3.05) is 16.0 Å². The molecule has 1 unspecified atom stereocenters. The summed E-state index contributed by atoms with van der Waals surface area (Å²) in [4.78, 5) is 49.6. The number of nitrogens with one attached hydrogen (secondary N) is 3. The van der Waals surface area contributed by atoms with E-state index in [1.54, 1.807) is 48.5 Å². The van der Waals surface area contributed by atoms with Gasteiger partial charge in [0, 0.05) is 28.9 Å². The number of amides is 3. The normalized spacial score (nSPS) is 11.4. The van der Waals surface area contributed by atoms with E-state index in [2.05, 4.69) is 16.0 Å². The van der Waals surface area contributed by atoms with Crippen LogP contribution in [0, 0.1) is 0 Å². The first-order valence-electron chi connectivity index (χ1n) is 11.3. The molecule has 0 saturated heterocycles. The Bertz CT molecular complexity index is 1450. The maximum Gasteiger partial charge on any atom is 0.338 e. The maximum absolute atomic E-state index is 13.0. The first kappa shape index (κ1) is 30.6. The lowest BCUT2D eigenvalue weighted by atomic mass is 10.1. The average molecular weight is 629 g/mol. The van der Waals surface area contributed by atoms with E-state index in [0.29, 0.717) is 28.4 Å². The Balaban J connectivity index is 1.76. The van der Waals surface area contributed by atoms with Crippen LogP contribution in [0.2, 0.25) is 20.1 Å². The first-order chi connectivity index (χ1) is 18.4. The molecule has 8 nitrogen and oxygen atoms in total. The summed E-state index contributed by atoms with van der Waals surface area (Å²) in [7, 11) is 0. The van der Waals surface area contributed by atoms with Crippen molar-refractivity contribution in [3.05, 3.63) is 79.7 Å². The van der Waals surface area contributed by atoms with Crippen molar-refractivity contribution in [1.29, 1.82) is 0 Å². The van der Waals surface area contributed by atoms with Crippen molar-refractivity contribution in [1.82, 2.24) is 0 Å². The van der Waals surface area contributed by atoms with E-state index in [1.165, 1.54) is 18.7 Å². The van der Waals surface area contributed by atoms with Crippen molar-refractivity contribution in [3.63, 3.8) is 0 Å². The molecule has 3 aromatic carbocycles. The Labute approximate surface area is 248 Å². The van der Waals surface area contributed by atoms with Gasteiger partial charge < -0.3 is 21.1 Å². The van der Waals surface area contributed by atoms with Crippen LogP contribution in [0.1, 0.15) is 41.0 Å². The molecule has 0 aliphatic rings. The predicted octanol–water partition coefficient (Wildman–Crippen LogP) is 7.72. The number of hydrogen-bond acceptors (Lipinski definition) is 5. The van der Waals surface area contributed by atoms with Gasteiger partial charge in [0.1, 0.15) is 0 Å². The topological polar surface area (TPSA) is 125 Å². The zero-order valence-corrected chi connectivity index (χ0v) is 24.2. The van der Waals surface area contributed by atoms with Crippen molar-refractivity contribution in [3.8, 4) is 0 Å². The second-order valence-corrected chi connectivity index (χ2v) is 10.8. The zero-order valence-electron chi connectivity index (χ0n) is 20.4. The van der Waals surface area contributed by atoms with Crippen LogP contribution in [0.4, 0.5) is 17.1 Å². The van der Waals surface area contributed by atoms with Crippen LogP contribution < -0.4 is 16.0 Å². The lowest BCUT2D eigenvalue weighted by Gasteiger charge is -2.16. The highest BCUT2D eigenvalue weighted by Gasteiger charge is 2.29. The number of thioether (sulfide) groups is 1. The molecule has 13 heteroatoms. The van der Waals surface area contributed by atoms with Gasteiger partial charge in [-0.05, 0) is 48.9 Å².